The van der Waals surface area contributed by atoms with Crippen LogP contribution in [0.3, 0.4) is 0 Å². The zero-order valence-corrected chi connectivity index (χ0v) is 12.0. The maximum atomic E-state index is 12.1. The number of benzene rings is 1. The van der Waals surface area contributed by atoms with Crippen molar-refractivity contribution in [3.05, 3.63) is 23.8 Å². The van der Waals surface area contributed by atoms with E-state index in [1.54, 1.807) is 30.1 Å². The molecule has 6 nitrogen and oxygen atoms in total. The van der Waals surface area contributed by atoms with E-state index in [9.17, 15) is 9.59 Å². The Hall–Kier alpha value is -2.24. The molecule has 1 heterocycles. The van der Waals surface area contributed by atoms with Crippen LogP contribution in [0.5, 0.6) is 0 Å². The second kappa shape index (κ2) is 5.40. The van der Waals surface area contributed by atoms with E-state index in [2.05, 4.69) is 5.32 Å². The first-order valence-corrected chi connectivity index (χ1v) is 6.53. The molecule has 20 heavy (non-hydrogen) atoms. The number of hydrogen-bond donors (Lipinski definition) is 2. The summed E-state index contributed by atoms with van der Waals surface area (Å²) in [6, 6.07) is 4.72. The molecule has 1 aliphatic heterocycles. The van der Waals surface area contributed by atoms with Gasteiger partial charge in [0, 0.05) is 33.3 Å². The predicted molar refractivity (Wildman–Crippen MR) is 78.7 cm³/mol. The fourth-order valence-electron chi connectivity index (χ4n) is 2.30. The molecule has 0 aliphatic carbocycles. The summed E-state index contributed by atoms with van der Waals surface area (Å²) >= 11 is 0. The van der Waals surface area contributed by atoms with E-state index < -0.39 is 6.04 Å². The van der Waals surface area contributed by atoms with Crippen LogP contribution >= 0.6 is 0 Å². The molecule has 1 aromatic rings. The van der Waals surface area contributed by atoms with Gasteiger partial charge in [-0.3, -0.25) is 9.59 Å². The van der Waals surface area contributed by atoms with E-state index in [1.807, 2.05) is 19.0 Å². The zero-order chi connectivity index (χ0) is 14.9. The van der Waals surface area contributed by atoms with Crippen LogP contribution in [-0.4, -0.2) is 50.4 Å². The topological polar surface area (TPSA) is 78.7 Å². The number of hydrogen-bond acceptors (Lipinski definition) is 4. The van der Waals surface area contributed by atoms with Crippen molar-refractivity contribution in [1.29, 1.82) is 0 Å². The molecule has 0 bridgehead atoms. The van der Waals surface area contributed by atoms with Crippen molar-refractivity contribution in [2.75, 3.05) is 38.3 Å². The van der Waals surface area contributed by atoms with Crippen LogP contribution in [0.2, 0.25) is 0 Å². The molecular formula is C14H20N4O2. The first kappa shape index (κ1) is 14.2. The Bertz CT molecular complexity index is 542. The Morgan fingerprint density at radius 3 is 2.65 bits per heavy atom. The summed E-state index contributed by atoms with van der Waals surface area (Å²) in [4.78, 5) is 27.4. The van der Waals surface area contributed by atoms with Crippen molar-refractivity contribution in [1.82, 2.24) is 10.2 Å². The summed E-state index contributed by atoms with van der Waals surface area (Å²) in [6.07, 6.45) is 0.645. The van der Waals surface area contributed by atoms with Gasteiger partial charge in [0.2, 0.25) is 5.91 Å². The molecule has 6 heteroatoms. The van der Waals surface area contributed by atoms with Gasteiger partial charge in [0.15, 0.2) is 0 Å². The number of carbonyl (C=O) groups is 2. The van der Waals surface area contributed by atoms with Crippen molar-refractivity contribution in [2.24, 2.45) is 0 Å². The van der Waals surface area contributed by atoms with E-state index in [0.29, 0.717) is 24.2 Å². The molecule has 1 aromatic carbocycles. The molecule has 0 spiro atoms. The highest BCUT2D eigenvalue weighted by Crippen LogP contribution is 2.22. The van der Waals surface area contributed by atoms with Crippen LogP contribution in [0.15, 0.2) is 18.2 Å². The average molecular weight is 276 g/mol. The predicted octanol–water partition coefficient (Wildman–Crippen LogP) is 0.295. The summed E-state index contributed by atoms with van der Waals surface area (Å²) in [7, 11) is 5.51. The standard InChI is InChI=1S/C14H20N4O2/c1-17(2)12-5-4-9(8-10(12)15)13(19)16-11-6-7-18(3)14(11)20/h4-5,8,11H,6-7,15H2,1-3H3,(H,16,19). The van der Waals surface area contributed by atoms with Gasteiger partial charge in [-0.15, -0.1) is 0 Å². The van der Waals surface area contributed by atoms with E-state index >= 15 is 0 Å². The Morgan fingerprint density at radius 2 is 2.15 bits per heavy atom. The highest BCUT2D eigenvalue weighted by molar-refractivity contribution is 5.99. The molecule has 2 rings (SSSR count). The number of anilines is 2. The molecule has 1 saturated heterocycles. The van der Waals surface area contributed by atoms with Gasteiger partial charge in [-0.2, -0.15) is 0 Å². The molecule has 2 amide bonds. The van der Waals surface area contributed by atoms with Gasteiger partial charge in [-0.25, -0.2) is 0 Å². The minimum atomic E-state index is -0.428. The monoisotopic (exact) mass is 276 g/mol. The number of carbonyl (C=O) groups excluding carboxylic acids is 2. The lowest BCUT2D eigenvalue weighted by molar-refractivity contribution is -0.128. The molecule has 1 atom stereocenters. The molecule has 1 aliphatic rings. The lowest BCUT2D eigenvalue weighted by Gasteiger charge is -2.16. The van der Waals surface area contributed by atoms with Gasteiger partial charge in [0.1, 0.15) is 6.04 Å². The van der Waals surface area contributed by atoms with Gasteiger partial charge in [-0.1, -0.05) is 0 Å². The normalized spacial score (nSPS) is 18.2. The van der Waals surface area contributed by atoms with Crippen LogP contribution in [0.4, 0.5) is 11.4 Å². The molecule has 0 aromatic heterocycles. The molecular weight excluding hydrogens is 256 g/mol. The second-order valence-electron chi connectivity index (χ2n) is 5.24. The number of nitrogen functional groups attached to an aromatic ring is 1. The summed E-state index contributed by atoms with van der Waals surface area (Å²) in [6.45, 7) is 0.672. The second-order valence-corrected chi connectivity index (χ2v) is 5.24. The number of likely N-dealkylation sites (tertiary alicyclic amines) is 1. The Labute approximate surface area is 118 Å². The summed E-state index contributed by atoms with van der Waals surface area (Å²) in [5, 5.41) is 2.75. The van der Waals surface area contributed by atoms with Crippen LogP contribution in [-0.2, 0) is 4.79 Å². The number of likely N-dealkylation sites (N-methyl/N-ethyl adjacent to an activating group) is 1. The molecule has 0 radical (unpaired) electrons. The summed E-state index contributed by atoms with van der Waals surface area (Å²) in [5.41, 5.74) is 7.79. The van der Waals surface area contributed by atoms with Crippen LogP contribution < -0.4 is 16.0 Å². The first-order chi connectivity index (χ1) is 9.40. The number of nitrogens with two attached hydrogens (primary N) is 1. The molecule has 1 fully saturated rings. The van der Waals surface area contributed by atoms with E-state index in [0.717, 1.165) is 5.69 Å². The van der Waals surface area contributed by atoms with Crippen molar-refractivity contribution < 1.29 is 9.59 Å². The van der Waals surface area contributed by atoms with Crippen LogP contribution in [0.25, 0.3) is 0 Å². The van der Waals surface area contributed by atoms with E-state index in [-0.39, 0.29) is 11.8 Å². The minimum Gasteiger partial charge on any atom is -0.397 e. The smallest absolute Gasteiger partial charge is 0.252 e. The van der Waals surface area contributed by atoms with Gasteiger partial charge in [0.05, 0.1) is 11.4 Å². The molecule has 0 saturated carbocycles. The highest BCUT2D eigenvalue weighted by atomic mass is 16.2. The van der Waals surface area contributed by atoms with Gasteiger partial charge >= 0.3 is 0 Å². The zero-order valence-electron chi connectivity index (χ0n) is 12.0. The largest absolute Gasteiger partial charge is 0.397 e. The van der Waals surface area contributed by atoms with Crippen molar-refractivity contribution in [3.8, 4) is 0 Å². The fraction of sp³-hybridized carbons (Fsp3) is 0.429. The third-order valence-corrected chi connectivity index (χ3v) is 3.50. The Kier molecular flexibility index (Phi) is 3.83. The molecule has 1 unspecified atom stereocenters. The maximum Gasteiger partial charge on any atom is 0.252 e. The van der Waals surface area contributed by atoms with Crippen molar-refractivity contribution in [2.45, 2.75) is 12.5 Å². The van der Waals surface area contributed by atoms with E-state index in [4.69, 9.17) is 5.73 Å². The SMILES string of the molecule is CN1CCC(NC(=O)c2ccc(N(C)C)c(N)c2)C1=O. The summed E-state index contributed by atoms with van der Waals surface area (Å²) in [5.74, 6) is -0.313. The third-order valence-electron chi connectivity index (χ3n) is 3.50. The highest BCUT2D eigenvalue weighted by Gasteiger charge is 2.30. The molecule has 108 valence electrons. The Balaban J connectivity index is 2.10. The lowest BCUT2D eigenvalue weighted by Crippen LogP contribution is -2.40. The van der Waals surface area contributed by atoms with Crippen molar-refractivity contribution in [3.63, 3.8) is 0 Å². The maximum absolute atomic E-state index is 12.1. The van der Waals surface area contributed by atoms with Gasteiger partial charge in [-0.05, 0) is 24.6 Å². The van der Waals surface area contributed by atoms with Crippen LogP contribution in [0.1, 0.15) is 16.8 Å². The number of nitrogens with zero attached hydrogens (tertiary/aromatic N) is 2. The number of nitrogens with one attached hydrogen (secondary N) is 1. The van der Waals surface area contributed by atoms with Crippen molar-refractivity contribution >= 4 is 23.2 Å². The first-order valence-electron chi connectivity index (χ1n) is 6.53. The number of amides is 2. The quantitative estimate of drug-likeness (QED) is 0.778. The molecule has 3 N–H and O–H groups in total. The minimum absolute atomic E-state index is 0.0452. The lowest BCUT2D eigenvalue weighted by atomic mass is 10.1. The average Bonchev–Trinajstić information content (AvgIpc) is 2.70. The van der Waals surface area contributed by atoms with Gasteiger partial charge in [0.25, 0.3) is 5.91 Å². The number of rotatable bonds is 3. The third kappa shape index (κ3) is 2.68. The Morgan fingerprint density at radius 1 is 1.45 bits per heavy atom. The summed E-state index contributed by atoms with van der Waals surface area (Å²) < 4.78 is 0. The fourth-order valence-corrected chi connectivity index (χ4v) is 2.30. The van der Waals surface area contributed by atoms with Gasteiger partial charge < -0.3 is 20.9 Å². The van der Waals surface area contributed by atoms with Crippen LogP contribution in [0, 0.1) is 0 Å². The van der Waals surface area contributed by atoms with E-state index in [1.165, 1.54) is 0 Å².